The molecule has 0 bridgehead atoms. The Balaban J connectivity index is 2.31. The number of nitrogens with zero attached hydrogens (tertiary/aromatic N) is 2. The smallest absolute Gasteiger partial charge is 0.0645 e. The second-order valence-electron chi connectivity index (χ2n) is 5.64. The van der Waals surface area contributed by atoms with Crippen molar-refractivity contribution in [3.05, 3.63) is 48.3 Å². The molecular weight excluding hydrogens is 222 g/mol. The van der Waals surface area contributed by atoms with Gasteiger partial charge in [0.15, 0.2) is 0 Å². The van der Waals surface area contributed by atoms with Gasteiger partial charge in [0.05, 0.1) is 11.9 Å². The molecule has 0 radical (unpaired) electrons. The van der Waals surface area contributed by atoms with Crippen molar-refractivity contribution in [3.63, 3.8) is 0 Å². The van der Waals surface area contributed by atoms with Crippen LogP contribution in [-0.2, 0) is 0 Å². The molecule has 0 aliphatic heterocycles. The third kappa shape index (κ3) is 2.62. The van der Waals surface area contributed by atoms with Crippen LogP contribution in [0.5, 0.6) is 0 Å². The zero-order chi connectivity index (χ0) is 13.2. The second-order valence-corrected chi connectivity index (χ2v) is 5.64. The van der Waals surface area contributed by atoms with Crippen LogP contribution in [0.2, 0.25) is 0 Å². The minimum Gasteiger partial charge on any atom is -0.312 e. The van der Waals surface area contributed by atoms with Crippen molar-refractivity contribution in [2.75, 3.05) is 7.05 Å². The first-order chi connectivity index (χ1) is 8.52. The van der Waals surface area contributed by atoms with Gasteiger partial charge in [0, 0.05) is 17.8 Å². The third-order valence-electron chi connectivity index (χ3n) is 3.11. The van der Waals surface area contributed by atoms with Crippen LogP contribution in [0.3, 0.4) is 0 Å². The van der Waals surface area contributed by atoms with Gasteiger partial charge >= 0.3 is 0 Å². The lowest BCUT2D eigenvalue weighted by atomic mass is 9.84. The highest BCUT2D eigenvalue weighted by Crippen LogP contribution is 2.32. The zero-order valence-electron chi connectivity index (χ0n) is 11.5. The molecule has 1 N–H and O–H groups in total. The molecule has 2 rings (SSSR count). The lowest BCUT2D eigenvalue weighted by Gasteiger charge is -2.29. The number of benzene rings is 1. The number of aromatic nitrogens is 2. The highest BCUT2D eigenvalue weighted by molar-refractivity contribution is 5.31. The van der Waals surface area contributed by atoms with E-state index in [1.807, 2.05) is 36.1 Å². The van der Waals surface area contributed by atoms with E-state index in [9.17, 15) is 0 Å². The number of para-hydroxylation sites is 1. The molecule has 1 unspecified atom stereocenters. The molecule has 0 amide bonds. The van der Waals surface area contributed by atoms with Crippen LogP contribution in [0.15, 0.2) is 42.7 Å². The summed E-state index contributed by atoms with van der Waals surface area (Å²) in [6.07, 6.45) is 4.04. The number of hydrogen-bond acceptors (Lipinski definition) is 2. The van der Waals surface area contributed by atoms with E-state index in [1.54, 1.807) is 0 Å². The van der Waals surface area contributed by atoms with Gasteiger partial charge in [0.2, 0.25) is 0 Å². The molecule has 3 heteroatoms. The van der Waals surface area contributed by atoms with Crippen LogP contribution in [0.25, 0.3) is 5.69 Å². The van der Waals surface area contributed by atoms with Crippen LogP contribution in [0.1, 0.15) is 32.4 Å². The van der Waals surface area contributed by atoms with E-state index in [0.29, 0.717) is 6.04 Å². The Hall–Kier alpha value is -1.61. The molecule has 1 atom stereocenters. The molecule has 0 aliphatic carbocycles. The van der Waals surface area contributed by atoms with Gasteiger partial charge in [0.25, 0.3) is 0 Å². The Morgan fingerprint density at radius 2 is 1.83 bits per heavy atom. The van der Waals surface area contributed by atoms with Gasteiger partial charge in [-0.25, -0.2) is 4.68 Å². The molecule has 1 aromatic heterocycles. The lowest BCUT2D eigenvalue weighted by molar-refractivity contribution is 0.287. The van der Waals surface area contributed by atoms with Crippen molar-refractivity contribution in [1.82, 2.24) is 15.1 Å². The maximum atomic E-state index is 4.45. The van der Waals surface area contributed by atoms with Gasteiger partial charge in [-0.2, -0.15) is 5.10 Å². The van der Waals surface area contributed by atoms with E-state index in [4.69, 9.17) is 0 Å². The van der Waals surface area contributed by atoms with Crippen LogP contribution in [-0.4, -0.2) is 16.8 Å². The summed E-state index contributed by atoms with van der Waals surface area (Å²) in [6, 6.07) is 10.5. The fraction of sp³-hybridized carbons (Fsp3) is 0.400. The standard InChI is InChI=1S/C15H21N3/c1-15(2,3)14(16-4)12-10-17-18(11-12)13-8-6-5-7-9-13/h5-11,14,16H,1-4H3. The first-order valence-corrected chi connectivity index (χ1v) is 6.29. The van der Waals surface area contributed by atoms with E-state index in [-0.39, 0.29) is 5.41 Å². The van der Waals surface area contributed by atoms with E-state index in [1.165, 1.54) is 5.56 Å². The zero-order valence-corrected chi connectivity index (χ0v) is 11.5. The average molecular weight is 243 g/mol. The molecule has 0 fully saturated rings. The van der Waals surface area contributed by atoms with E-state index in [2.05, 4.69) is 49.5 Å². The predicted molar refractivity (Wildman–Crippen MR) is 74.8 cm³/mol. The molecule has 1 heterocycles. The summed E-state index contributed by atoms with van der Waals surface area (Å²) >= 11 is 0. The third-order valence-corrected chi connectivity index (χ3v) is 3.11. The van der Waals surface area contributed by atoms with Gasteiger partial charge in [-0.15, -0.1) is 0 Å². The van der Waals surface area contributed by atoms with Gasteiger partial charge in [-0.05, 0) is 24.6 Å². The van der Waals surface area contributed by atoms with Crippen LogP contribution in [0, 0.1) is 5.41 Å². The van der Waals surface area contributed by atoms with Crippen LogP contribution < -0.4 is 5.32 Å². The number of hydrogen-bond donors (Lipinski definition) is 1. The molecular formula is C15H21N3. The van der Waals surface area contributed by atoms with Gasteiger partial charge in [-0.3, -0.25) is 0 Å². The Morgan fingerprint density at radius 1 is 1.17 bits per heavy atom. The summed E-state index contributed by atoms with van der Waals surface area (Å²) < 4.78 is 1.92. The molecule has 0 saturated carbocycles. The maximum absolute atomic E-state index is 4.45. The van der Waals surface area contributed by atoms with Crippen molar-refractivity contribution in [1.29, 1.82) is 0 Å². The number of rotatable bonds is 3. The van der Waals surface area contributed by atoms with Crippen molar-refractivity contribution in [2.45, 2.75) is 26.8 Å². The molecule has 0 spiro atoms. The summed E-state index contributed by atoms with van der Waals surface area (Å²) in [5, 5.41) is 7.82. The van der Waals surface area contributed by atoms with Crippen LogP contribution in [0.4, 0.5) is 0 Å². The molecule has 18 heavy (non-hydrogen) atoms. The SMILES string of the molecule is CNC(c1cnn(-c2ccccc2)c1)C(C)(C)C. The van der Waals surface area contributed by atoms with Gasteiger partial charge in [0.1, 0.15) is 0 Å². The lowest BCUT2D eigenvalue weighted by Crippen LogP contribution is -2.29. The highest BCUT2D eigenvalue weighted by atomic mass is 15.3. The quantitative estimate of drug-likeness (QED) is 0.897. The molecule has 1 aromatic carbocycles. The fourth-order valence-corrected chi connectivity index (χ4v) is 2.31. The molecule has 96 valence electrons. The topological polar surface area (TPSA) is 29.9 Å². The van der Waals surface area contributed by atoms with Crippen LogP contribution >= 0.6 is 0 Å². The summed E-state index contributed by atoms with van der Waals surface area (Å²) in [5.74, 6) is 0. The monoisotopic (exact) mass is 243 g/mol. The first-order valence-electron chi connectivity index (χ1n) is 6.29. The Morgan fingerprint density at radius 3 is 2.39 bits per heavy atom. The summed E-state index contributed by atoms with van der Waals surface area (Å²) in [5.41, 5.74) is 2.47. The largest absolute Gasteiger partial charge is 0.312 e. The highest BCUT2D eigenvalue weighted by Gasteiger charge is 2.25. The second kappa shape index (κ2) is 4.94. The van der Waals surface area contributed by atoms with Crippen molar-refractivity contribution in [2.24, 2.45) is 5.41 Å². The maximum Gasteiger partial charge on any atom is 0.0645 e. The fourth-order valence-electron chi connectivity index (χ4n) is 2.31. The molecule has 2 aromatic rings. The summed E-state index contributed by atoms with van der Waals surface area (Å²) in [4.78, 5) is 0. The van der Waals surface area contributed by atoms with E-state index in [0.717, 1.165) is 5.69 Å². The van der Waals surface area contributed by atoms with E-state index >= 15 is 0 Å². The van der Waals surface area contributed by atoms with Crippen molar-refractivity contribution < 1.29 is 0 Å². The molecule has 3 nitrogen and oxygen atoms in total. The summed E-state index contributed by atoms with van der Waals surface area (Å²) in [6.45, 7) is 6.69. The van der Waals surface area contributed by atoms with Gasteiger partial charge in [-0.1, -0.05) is 39.0 Å². The Labute approximate surface area is 109 Å². The number of nitrogens with one attached hydrogen (secondary N) is 1. The summed E-state index contributed by atoms with van der Waals surface area (Å²) in [7, 11) is 2.00. The van der Waals surface area contributed by atoms with E-state index < -0.39 is 0 Å². The van der Waals surface area contributed by atoms with Crippen molar-refractivity contribution in [3.8, 4) is 5.69 Å². The normalized spacial score (nSPS) is 13.6. The minimum absolute atomic E-state index is 0.166. The molecule has 0 saturated heterocycles. The average Bonchev–Trinajstić information content (AvgIpc) is 2.78. The Kier molecular flexibility index (Phi) is 3.53. The first kappa shape index (κ1) is 12.8. The Bertz CT molecular complexity index is 494. The van der Waals surface area contributed by atoms with Gasteiger partial charge < -0.3 is 5.32 Å². The predicted octanol–water partition coefficient (Wildman–Crippen LogP) is 3.18. The minimum atomic E-state index is 0.166. The molecule has 0 aliphatic rings. The van der Waals surface area contributed by atoms with Crippen molar-refractivity contribution >= 4 is 0 Å².